The highest BCUT2D eigenvalue weighted by molar-refractivity contribution is 9.10. The molecule has 0 radical (unpaired) electrons. The zero-order valence-electron chi connectivity index (χ0n) is 10.1. The second-order valence-corrected chi connectivity index (χ2v) is 5.00. The molecule has 0 aromatic carbocycles. The summed E-state index contributed by atoms with van der Waals surface area (Å²) >= 11 is 3.45. The Kier molecular flexibility index (Phi) is 4.76. The number of hydrogen-bond donors (Lipinski definition) is 1. The molecule has 0 bridgehead atoms. The van der Waals surface area contributed by atoms with E-state index < -0.39 is 0 Å². The summed E-state index contributed by atoms with van der Waals surface area (Å²) in [6, 6.07) is 4.02. The number of aromatic nitrogens is 1. The van der Waals surface area contributed by atoms with Crippen molar-refractivity contribution in [1.29, 1.82) is 0 Å². The van der Waals surface area contributed by atoms with Crippen molar-refractivity contribution in [2.45, 2.75) is 6.92 Å². The smallest absolute Gasteiger partial charge is 0.126 e. The first kappa shape index (κ1) is 12.8. The molecule has 1 aromatic rings. The Morgan fingerprint density at radius 2 is 2.18 bits per heavy atom. The molecular weight excluding hydrogens is 282 g/mol. The quantitative estimate of drug-likeness (QED) is 0.921. The predicted molar refractivity (Wildman–Crippen MR) is 72.4 cm³/mol. The number of nitrogens with zero attached hydrogens (tertiary/aromatic N) is 2. The van der Waals surface area contributed by atoms with Gasteiger partial charge in [-0.15, -0.1) is 0 Å². The van der Waals surface area contributed by atoms with E-state index in [1.54, 1.807) is 0 Å². The summed E-state index contributed by atoms with van der Waals surface area (Å²) in [5, 5.41) is 3.35. The second kappa shape index (κ2) is 6.33. The monoisotopic (exact) mass is 299 g/mol. The van der Waals surface area contributed by atoms with Gasteiger partial charge in [0.05, 0.1) is 18.9 Å². The number of aryl methyl sites for hydroxylation is 1. The van der Waals surface area contributed by atoms with Crippen molar-refractivity contribution in [3.63, 3.8) is 0 Å². The molecule has 0 aliphatic carbocycles. The fourth-order valence-corrected chi connectivity index (χ4v) is 2.03. The fourth-order valence-electron chi connectivity index (χ4n) is 1.81. The lowest BCUT2D eigenvalue weighted by molar-refractivity contribution is 0.0398. The first-order valence-corrected chi connectivity index (χ1v) is 6.72. The van der Waals surface area contributed by atoms with E-state index >= 15 is 0 Å². The number of nitrogens with one attached hydrogen (secondary N) is 1. The zero-order chi connectivity index (χ0) is 12.1. The van der Waals surface area contributed by atoms with Crippen LogP contribution in [0.1, 0.15) is 5.69 Å². The van der Waals surface area contributed by atoms with Crippen LogP contribution < -0.4 is 5.32 Å². The summed E-state index contributed by atoms with van der Waals surface area (Å²) in [4.78, 5) is 6.86. The normalized spacial score (nSPS) is 17.1. The number of rotatable bonds is 4. The maximum atomic E-state index is 5.31. The number of halogens is 1. The van der Waals surface area contributed by atoms with Gasteiger partial charge in [-0.3, -0.25) is 4.90 Å². The number of anilines is 1. The number of ether oxygens (including phenoxy) is 1. The van der Waals surface area contributed by atoms with Crippen LogP contribution in [0.2, 0.25) is 0 Å². The Hall–Kier alpha value is -0.650. The lowest BCUT2D eigenvalue weighted by atomic mass is 10.3. The van der Waals surface area contributed by atoms with Crippen molar-refractivity contribution in [1.82, 2.24) is 9.88 Å². The van der Waals surface area contributed by atoms with Crippen molar-refractivity contribution >= 4 is 21.7 Å². The Balaban J connectivity index is 1.75. The molecular formula is C12H18BrN3O. The summed E-state index contributed by atoms with van der Waals surface area (Å²) < 4.78 is 6.37. The average Bonchev–Trinajstić information content (AvgIpc) is 2.35. The summed E-state index contributed by atoms with van der Waals surface area (Å²) in [5.74, 6) is 0.943. The lowest BCUT2D eigenvalue weighted by Crippen LogP contribution is -2.39. The molecule has 4 nitrogen and oxygen atoms in total. The SMILES string of the molecule is Cc1nc(NCCN2CCOCC2)ccc1Br. The van der Waals surface area contributed by atoms with Gasteiger partial charge >= 0.3 is 0 Å². The minimum absolute atomic E-state index is 0.857. The van der Waals surface area contributed by atoms with Crippen LogP contribution >= 0.6 is 15.9 Å². The van der Waals surface area contributed by atoms with Gasteiger partial charge in [0.15, 0.2) is 0 Å². The third-order valence-corrected chi connectivity index (χ3v) is 3.70. The van der Waals surface area contributed by atoms with Crippen molar-refractivity contribution in [2.75, 3.05) is 44.7 Å². The molecule has 0 atom stereocenters. The maximum absolute atomic E-state index is 5.31. The molecule has 2 heterocycles. The second-order valence-electron chi connectivity index (χ2n) is 4.14. The van der Waals surface area contributed by atoms with Crippen LogP contribution in [0, 0.1) is 6.92 Å². The molecule has 1 N–H and O–H groups in total. The van der Waals surface area contributed by atoms with Crippen molar-refractivity contribution in [3.05, 3.63) is 22.3 Å². The van der Waals surface area contributed by atoms with E-state index in [2.05, 4.69) is 31.1 Å². The third-order valence-electron chi connectivity index (χ3n) is 2.86. The first-order valence-electron chi connectivity index (χ1n) is 5.93. The Morgan fingerprint density at radius 1 is 1.41 bits per heavy atom. The number of hydrogen-bond acceptors (Lipinski definition) is 4. The molecule has 2 rings (SSSR count). The molecule has 17 heavy (non-hydrogen) atoms. The number of morpholine rings is 1. The van der Waals surface area contributed by atoms with Crippen molar-refractivity contribution in [2.24, 2.45) is 0 Å². The van der Waals surface area contributed by atoms with E-state index in [1.165, 1.54) is 0 Å². The van der Waals surface area contributed by atoms with Gasteiger partial charge in [0.2, 0.25) is 0 Å². The van der Waals surface area contributed by atoms with Gasteiger partial charge in [0.25, 0.3) is 0 Å². The standard InChI is InChI=1S/C12H18BrN3O/c1-10-11(13)2-3-12(15-10)14-4-5-16-6-8-17-9-7-16/h2-3H,4-9H2,1H3,(H,14,15). The van der Waals surface area contributed by atoms with Gasteiger partial charge in [-0.25, -0.2) is 4.98 Å². The maximum Gasteiger partial charge on any atom is 0.126 e. The molecule has 0 unspecified atom stereocenters. The molecule has 1 aliphatic rings. The topological polar surface area (TPSA) is 37.4 Å². The van der Waals surface area contributed by atoms with Crippen molar-refractivity contribution < 1.29 is 4.74 Å². The summed E-state index contributed by atoms with van der Waals surface area (Å²) in [6.45, 7) is 7.75. The lowest BCUT2D eigenvalue weighted by Gasteiger charge is -2.26. The molecule has 0 amide bonds. The molecule has 1 fully saturated rings. The molecule has 0 spiro atoms. The molecule has 1 aromatic heterocycles. The molecule has 5 heteroatoms. The van der Waals surface area contributed by atoms with E-state index in [4.69, 9.17) is 4.74 Å². The number of pyridine rings is 1. The highest BCUT2D eigenvalue weighted by Crippen LogP contribution is 2.15. The van der Waals surface area contributed by atoms with Gasteiger partial charge < -0.3 is 10.1 Å². The Labute approximate surface area is 110 Å². The predicted octanol–water partition coefficient (Wildman–Crippen LogP) is 1.90. The van der Waals surface area contributed by atoms with Crippen LogP contribution in [0.5, 0.6) is 0 Å². The molecule has 1 aliphatic heterocycles. The van der Waals surface area contributed by atoms with Gasteiger partial charge in [0, 0.05) is 30.7 Å². The molecule has 0 saturated carbocycles. The zero-order valence-corrected chi connectivity index (χ0v) is 11.7. The van der Waals surface area contributed by atoms with Crippen LogP contribution in [0.3, 0.4) is 0 Å². The van der Waals surface area contributed by atoms with Crippen LogP contribution in [-0.2, 0) is 4.74 Å². The Bertz CT molecular complexity index is 367. The minimum Gasteiger partial charge on any atom is -0.379 e. The van der Waals surface area contributed by atoms with E-state index in [0.717, 1.165) is 55.4 Å². The largest absolute Gasteiger partial charge is 0.379 e. The van der Waals surface area contributed by atoms with Gasteiger partial charge in [0.1, 0.15) is 5.82 Å². The highest BCUT2D eigenvalue weighted by atomic mass is 79.9. The minimum atomic E-state index is 0.857. The van der Waals surface area contributed by atoms with Crippen LogP contribution in [0.15, 0.2) is 16.6 Å². The van der Waals surface area contributed by atoms with Crippen LogP contribution in [0.25, 0.3) is 0 Å². The fraction of sp³-hybridized carbons (Fsp3) is 0.583. The van der Waals surface area contributed by atoms with Crippen LogP contribution in [-0.4, -0.2) is 49.3 Å². The van der Waals surface area contributed by atoms with Crippen molar-refractivity contribution in [3.8, 4) is 0 Å². The van der Waals surface area contributed by atoms with E-state index in [-0.39, 0.29) is 0 Å². The first-order chi connectivity index (χ1) is 8.25. The van der Waals surface area contributed by atoms with Gasteiger partial charge in [-0.1, -0.05) is 0 Å². The van der Waals surface area contributed by atoms with Gasteiger partial charge in [-0.05, 0) is 35.0 Å². The Morgan fingerprint density at radius 3 is 2.88 bits per heavy atom. The summed E-state index contributed by atoms with van der Waals surface area (Å²) in [7, 11) is 0. The average molecular weight is 300 g/mol. The van der Waals surface area contributed by atoms with E-state index in [0.29, 0.717) is 0 Å². The highest BCUT2D eigenvalue weighted by Gasteiger charge is 2.09. The summed E-state index contributed by atoms with van der Waals surface area (Å²) in [5.41, 5.74) is 1.02. The molecule has 94 valence electrons. The van der Waals surface area contributed by atoms with E-state index in [1.807, 2.05) is 19.1 Å². The third kappa shape index (κ3) is 3.94. The molecule has 1 saturated heterocycles. The van der Waals surface area contributed by atoms with Crippen LogP contribution in [0.4, 0.5) is 5.82 Å². The van der Waals surface area contributed by atoms with Gasteiger partial charge in [-0.2, -0.15) is 0 Å². The van der Waals surface area contributed by atoms with E-state index in [9.17, 15) is 0 Å². The summed E-state index contributed by atoms with van der Waals surface area (Å²) in [6.07, 6.45) is 0.